The molecule has 0 radical (unpaired) electrons. The molecule has 5 nitrogen and oxygen atoms in total. The summed E-state index contributed by atoms with van der Waals surface area (Å²) in [4.78, 5) is 4.98. The number of hydrazine groups is 1. The smallest absolute Gasteiger partial charge is 0.125 e. The van der Waals surface area contributed by atoms with E-state index in [0.29, 0.717) is 12.4 Å². The molecule has 4 rings (SSSR count). The van der Waals surface area contributed by atoms with Crippen molar-refractivity contribution in [3.05, 3.63) is 119 Å². The number of nitrogens with two attached hydrogens (primary N) is 2. The van der Waals surface area contributed by atoms with Gasteiger partial charge in [-0.25, -0.2) is 0 Å². The van der Waals surface area contributed by atoms with E-state index >= 15 is 0 Å². The van der Waals surface area contributed by atoms with Crippen LogP contribution in [0.15, 0.2) is 91.1 Å². The molecule has 0 fully saturated rings. The highest BCUT2D eigenvalue weighted by atomic mass is 32.1. The van der Waals surface area contributed by atoms with Gasteiger partial charge in [-0.2, -0.15) is 0 Å². The van der Waals surface area contributed by atoms with Gasteiger partial charge in [-0.3, -0.25) is 15.0 Å². The fraction of sp³-hybridized carbons (Fsp3) is 0.333. The lowest BCUT2D eigenvalue weighted by Gasteiger charge is -2.29. The summed E-state index contributed by atoms with van der Waals surface area (Å²) in [7, 11) is 1.69. The molecule has 1 heterocycles. The van der Waals surface area contributed by atoms with Crippen LogP contribution in [0.1, 0.15) is 80.8 Å². The second kappa shape index (κ2) is 19.4. The van der Waals surface area contributed by atoms with E-state index in [1.807, 2.05) is 37.2 Å². The van der Waals surface area contributed by atoms with E-state index in [-0.39, 0.29) is 0 Å². The minimum Gasteiger partial charge on any atom is -0.384 e. The second-order valence-corrected chi connectivity index (χ2v) is 9.97. The Balaban J connectivity index is 0.000000485. The number of benzene rings is 3. The molecule has 6 heteroatoms. The van der Waals surface area contributed by atoms with Crippen LogP contribution in [-0.2, 0) is 13.0 Å². The molecule has 0 aromatic heterocycles. The van der Waals surface area contributed by atoms with E-state index in [1.165, 1.54) is 11.1 Å². The fourth-order valence-corrected chi connectivity index (χ4v) is 4.15. The van der Waals surface area contributed by atoms with E-state index in [4.69, 9.17) is 23.7 Å². The molecule has 0 spiro atoms. The summed E-state index contributed by atoms with van der Waals surface area (Å²) in [5.41, 5.74) is 19.9. The molecule has 0 amide bonds. The number of thiocarbonyl (C=S) groups is 1. The summed E-state index contributed by atoms with van der Waals surface area (Å²) in [6.07, 6.45) is 4.90. The van der Waals surface area contributed by atoms with Gasteiger partial charge in [0.2, 0.25) is 0 Å². The van der Waals surface area contributed by atoms with Gasteiger partial charge in [0.05, 0.1) is 17.9 Å². The summed E-state index contributed by atoms with van der Waals surface area (Å²) < 4.78 is 0. The standard InChI is InChI=1S/C22H24N4S.C9H12.C3H9N.C2H6/c1-5-21(27)18-11-12-20-19(13-18)15(3)26(25(20)6-2)14-16-7-9-17(10-8-16)22(23)24-4;1-3-9-6-4-8(2)5-7-9;1-2-3-4;1-2/h6-13H,2-3,5,14H2,1,4H3,(H2,23,24);4-7H,3H2,1-2H3;2-4H2,1H3;1-2H3. The second-order valence-electron chi connectivity index (χ2n) is 9.47. The van der Waals surface area contributed by atoms with Gasteiger partial charge in [-0.15, -0.1) is 0 Å². The van der Waals surface area contributed by atoms with Crippen molar-refractivity contribution < 1.29 is 0 Å². The van der Waals surface area contributed by atoms with Crippen LogP contribution in [0.5, 0.6) is 0 Å². The SMILES string of the molecule is C=CN1c2ccc(C(=S)CC)cc2C(=C)N1Cc1ccc(C(N)=NC)cc1.CC.CCCN.CCc1ccc(C)cc1. The van der Waals surface area contributed by atoms with E-state index in [0.717, 1.165) is 64.3 Å². The number of anilines is 1. The first-order valence-corrected chi connectivity index (χ1v) is 15.3. The topological polar surface area (TPSA) is 70.9 Å². The van der Waals surface area contributed by atoms with Gasteiger partial charge in [0.15, 0.2) is 0 Å². The van der Waals surface area contributed by atoms with Crippen molar-refractivity contribution in [3.8, 4) is 0 Å². The highest BCUT2D eigenvalue weighted by Gasteiger charge is 2.29. The fourth-order valence-electron chi connectivity index (χ4n) is 4.02. The average molecular weight is 586 g/mol. The maximum atomic E-state index is 5.87. The summed E-state index contributed by atoms with van der Waals surface area (Å²) in [6.45, 7) is 22.2. The number of amidine groups is 1. The molecule has 0 aliphatic carbocycles. The lowest BCUT2D eigenvalue weighted by atomic mass is 10.0. The molecule has 0 saturated heterocycles. The Hall–Kier alpha value is -3.74. The molecule has 1 aliphatic heterocycles. The molecular formula is C36H51N5S. The van der Waals surface area contributed by atoms with Crippen molar-refractivity contribution >= 4 is 34.3 Å². The van der Waals surface area contributed by atoms with Crippen LogP contribution in [0.4, 0.5) is 5.69 Å². The Bertz CT molecular complexity index is 1290. The molecule has 0 bridgehead atoms. The summed E-state index contributed by atoms with van der Waals surface area (Å²) in [5, 5.41) is 4.15. The van der Waals surface area contributed by atoms with Crippen molar-refractivity contribution in [2.24, 2.45) is 16.5 Å². The van der Waals surface area contributed by atoms with Gasteiger partial charge >= 0.3 is 0 Å². The van der Waals surface area contributed by atoms with E-state index in [9.17, 15) is 0 Å². The molecular weight excluding hydrogens is 534 g/mol. The molecule has 226 valence electrons. The van der Waals surface area contributed by atoms with Crippen LogP contribution >= 0.6 is 12.2 Å². The normalized spacial score (nSPS) is 11.7. The van der Waals surface area contributed by atoms with Crippen LogP contribution < -0.4 is 16.5 Å². The predicted octanol–water partition coefficient (Wildman–Crippen LogP) is 8.44. The summed E-state index contributed by atoms with van der Waals surface area (Å²) >= 11 is 5.47. The highest BCUT2D eigenvalue weighted by Crippen LogP contribution is 2.40. The Kier molecular flexibility index (Phi) is 16.8. The van der Waals surface area contributed by atoms with E-state index in [1.54, 1.807) is 7.05 Å². The van der Waals surface area contributed by atoms with Crippen molar-refractivity contribution in [2.45, 2.75) is 67.3 Å². The molecule has 0 saturated carbocycles. The predicted molar refractivity (Wildman–Crippen MR) is 190 cm³/mol. The Morgan fingerprint density at radius 3 is 1.95 bits per heavy atom. The van der Waals surface area contributed by atoms with Crippen LogP contribution in [0.3, 0.4) is 0 Å². The van der Waals surface area contributed by atoms with Crippen LogP contribution in [-0.4, -0.2) is 29.3 Å². The van der Waals surface area contributed by atoms with E-state index < -0.39 is 0 Å². The average Bonchev–Trinajstić information content (AvgIpc) is 3.31. The quantitative estimate of drug-likeness (QED) is 0.120. The third kappa shape index (κ3) is 10.3. The molecule has 3 aromatic rings. The number of fused-ring (bicyclic) bond motifs is 1. The number of rotatable bonds is 8. The third-order valence-corrected chi connectivity index (χ3v) is 7.11. The molecule has 0 atom stereocenters. The first kappa shape index (κ1) is 36.3. The molecule has 1 aliphatic rings. The van der Waals surface area contributed by atoms with E-state index in [2.05, 4.69) is 105 Å². The Morgan fingerprint density at radius 1 is 0.929 bits per heavy atom. The molecule has 42 heavy (non-hydrogen) atoms. The highest BCUT2D eigenvalue weighted by molar-refractivity contribution is 7.80. The van der Waals surface area contributed by atoms with Crippen molar-refractivity contribution in [1.82, 2.24) is 5.01 Å². The van der Waals surface area contributed by atoms with Crippen molar-refractivity contribution in [2.75, 3.05) is 18.6 Å². The molecule has 4 N–H and O–H groups in total. The zero-order chi connectivity index (χ0) is 31.7. The summed E-state index contributed by atoms with van der Waals surface area (Å²) in [6, 6.07) is 23.0. The lowest BCUT2D eigenvalue weighted by Crippen LogP contribution is -2.31. The van der Waals surface area contributed by atoms with Gasteiger partial charge in [0.1, 0.15) is 5.84 Å². The third-order valence-electron chi connectivity index (χ3n) is 6.58. The van der Waals surface area contributed by atoms with Gasteiger partial charge < -0.3 is 11.5 Å². The number of nitrogens with zero attached hydrogens (tertiary/aromatic N) is 3. The molecule has 0 unspecified atom stereocenters. The molecule has 3 aromatic carbocycles. The van der Waals surface area contributed by atoms with Crippen LogP contribution in [0, 0.1) is 6.92 Å². The number of aryl methyl sites for hydroxylation is 2. The van der Waals surface area contributed by atoms with Crippen molar-refractivity contribution in [3.63, 3.8) is 0 Å². The largest absolute Gasteiger partial charge is 0.384 e. The minimum absolute atomic E-state index is 0.534. The number of aliphatic imine (C=N–C) groups is 1. The Morgan fingerprint density at radius 2 is 1.48 bits per heavy atom. The van der Waals surface area contributed by atoms with Gasteiger partial charge in [0.25, 0.3) is 0 Å². The zero-order valence-corrected chi connectivity index (χ0v) is 27.6. The number of hydrogen-bond donors (Lipinski definition) is 2. The maximum Gasteiger partial charge on any atom is 0.125 e. The lowest BCUT2D eigenvalue weighted by molar-refractivity contribution is 0.411. The van der Waals surface area contributed by atoms with Gasteiger partial charge in [-0.05, 0) is 61.6 Å². The zero-order valence-electron chi connectivity index (χ0n) is 26.8. The first-order valence-electron chi connectivity index (χ1n) is 14.9. The first-order chi connectivity index (χ1) is 20.2. The maximum absolute atomic E-state index is 5.87. The van der Waals surface area contributed by atoms with Gasteiger partial charge in [0, 0.05) is 29.2 Å². The Labute approximate surface area is 260 Å². The van der Waals surface area contributed by atoms with Crippen LogP contribution in [0.2, 0.25) is 0 Å². The number of hydrogen-bond acceptors (Lipinski definition) is 5. The minimum atomic E-state index is 0.534. The monoisotopic (exact) mass is 585 g/mol. The van der Waals surface area contributed by atoms with Gasteiger partial charge in [-0.1, -0.05) is 120 Å². The van der Waals surface area contributed by atoms with Crippen molar-refractivity contribution in [1.29, 1.82) is 0 Å². The summed E-state index contributed by atoms with van der Waals surface area (Å²) in [5.74, 6) is 0.534. The van der Waals surface area contributed by atoms with Crippen LogP contribution in [0.25, 0.3) is 5.70 Å².